The van der Waals surface area contributed by atoms with Gasteiger partial charge in [-0.1, -0.05) is 18.2 Å². The number of carbonyl (C=O) groups is 2. The number of nitrogens with zero attached hydrogens (tertiary/aromatic N) is 2. The van der Waals surface area contributed by atoms with Gasteiger partial charge in [-0.2, -0.15) is 0 Å². The molecule has 0 bridgehead atoms. The van der Waals surface area contributed by atoms with Gasteiger partial charge in [0.05, 0.1) is 39.3 Å². The van der Waals surface area contributed by atoms with Gasteiger partial charge in [-0.15, -0.1) is 0 Å². The van der Waals surface area contributed by atoms with Crippen molar-refractivity contribution >= 4 is 23.2 Å². The van der Waals surface area contributed by atoms with Crippen LogP contribution in [-0.2, 0) is 14.4 Å². The number of fused-ring (bicyclic) bond motifs is 1. The first-order valence-electron chi connectivity index (χ1n) is 11.9. The maximum atomic E-state index is 13.9. The van der Waals surface area contributed by atoms with Gasteiger partial charge in [0.15, 0.2) is 17.6 Å². The summed E-state index contributed by atoms with van der Waals surface area (Å²) in [5.41, 5.74) is 1.79. The first-order valence-corrected chi connectivity index (χ1v) is 11.9. The highest BCUT2D eigenvalue weighted by atomic mass is 16.7. The Bertz CT molecular complexity index is 1300. The van der Waals surface area contributed by atoms with Crippen LogP contribution >= 0.6 is 0 Å². The van der Waals surface area contributed by atoms with E-state index < -0.39 is 24.0 Å². The Balaban J connectivity index is 1.61. The number of ether oxygens (including phenoxy) is 4. The molecule has 37 heavy (non-hydrogen) atoms. The molecule has 3 atom stereocenters. The highest BCUT2D eigenvalue weighted by Gasteiger charge is 2.61. The third-order valence-corrected chi connectivity index (χ3v) is 6.59. The quantitative estimate of drug-likeness (QED) is 0.423. The molecule has 0 saturated carbocycles. The van der Waals surface area contributed by atoms with E-state index in [1.807, 2.05) is 37.3 Å². The Labute approximate surface area is 215 Å². The molecule has 0 unspecified atom stereocenters. The number of benzene rings is 3. The van der Waals surface area contributed by atoms with E-state index in [-0.39, 0.29) is 5.91 Å². The Morgan fingerprint density at radius 3 is 2.05 bits per heavy atom. The molecule has 0 N–H and O–H groups in total. The fourth-order valence-corrected chi connectivity index (χ4v) is 4.93. The van der Waals surface area contributed by atoms with Crippen molar-refractivity contribution in [3.8, 4) is 23.0 Å². The molecule has 2 heterocycles. The van der Waals surface area contributed by atoms with E-state index in [1.165, 1.54) is 19.1 Å². The number of hydrogen-bond donors (Lipinski definition) is 0. The highest BCUT2D eigenvalue weighted by Crippen LogP contribution is 2.51. The van der Waals surface area contributed by atoms with Gasteiger partial charge < -0.3 is 18.9 Å². The molecule has 9 heteroatoms. The monoisotopic (exact) mass is 504 g/mol. The number of amides is 2. The van der Waals surface area contributed by atoms with Crippen molar-refractivity contribution in [1.82, 2.24) is 0 Å². The molecule has 0 radical (unpaired) electrons. The van der Waals surface area contributed by atoms with Gasteiger partial charge in [0, 0.05) is 11.6 Å². The summed E-state index contributed by atoms with van der Waals surface area (Å²) in [5, 5.41) is 1.62. The van der Waals surface area contributed by atoms with Gasteiger partial charge in [0.1, 0.15) is 23.5 Å². The van der Waals surface area contributed by atoms with Gasteiger partial charge in [0.2, 0.25) is 5.91 Å². The second-order valence-corrected chi connectivity index (χ2v) is 8.55. The number of carbonyl (C=O) groups excluding carboxylic acids is 2. The molecule has 9 nitrogen and oxygen atoms in total. The summed E-state index contributed by atoms with van der Waals surface area (Å²) in [7, 11) is 4.61. The Hall–Kier alpha value is -4.24. The second kappa shape index (κ2) is 10.0. The summed E-state index contributed by atoms with van der Waals surface area (Å²) in [4.78, 5) is 34.9. The summed E-state index contributed by atoms with van der Waals surface area (Å²) in [6.45, 7) is 2.41. The largest absolute Gasteiger partial charge is 0.496 e. The molecule has 2 amide bonds. The standard InChI is InChI=1S/C28H28N2O7/c1-5-36-19-13-11-17(12-14-19)29-27(31)24-25(20-15-22(34-3)23(35-4)16-21(20)33-2)30(37-26(24)28(29)32)18-9-7-6-8-10-18/h6-16,24-26H,5H2,1-4H3/t24-,25+,26+/m0/s1. The summed E-state index contributed by atoms with van der Waals surface area (Å²) < 4.78 is 22.2. The third-order valence-electron chi connectivity index (χ3n) is 6.59. The molecule has 2 aliphatic heterocycles. The minimum absolute atomic E-state index is 0.362. The van der Waals surface area contributed by atoms with Crippen LogP contribution in [-0.4, -0.2) is 45.9 Å². The Kier molecular flexibility index (Phi) is 6.62. The Morgan fingerprint density at radius 2 is 1.43 bits per heavy atom. The minimum Gasteiger partial charge on any atom is -0.496 e. The number of anilines is 2. The van der Waals surface area contributed by atoms with E-state index >= 15 is 0 Å². The van der Waals surface area contributed by atoms with Crippen molar-refractivity contribution in [2.24, 2.45) is 5.92 Å². The third kappa shape index (κ3) is 4.11. The van der Waals surface area contributed by atoms with Crippen LogP contribution in [0.15, 0.2) is 66.7 Å². The lowest BCUT2D eigenvalue weighted by molar-refractivity contribution is -0.126. The molecular weight excluding hydrogens is 476 g/mol. The minimum atomic E-state index is -1.01. The Morgan fingerprint density at radius 1 is 0.784 bits per heavy atom. The van der Waals surface area contributed by atoms with Gasteiger partial charge in [-0.3, -0.25) is 14.4 Å². The molecule has 2 fully saturated rings. The molecule has 3 aromatic rings. The van der Waals surface area contributed by atoms with E-state index in [4.69, 9.17) is 23.8 Å². The van der Waals surface area contributed by atoms with E-state index in [1.54, 1.807) is 48.6 Å². The summed E-state index contributed by atoms with van der Waals surface area (Å²) in [5.74, 6) is 0.467. The topological polar surface area (TPSA) is 86.8 Å². The van der Waals surface area contributed by atoms with Gasteiger partial charge in [0.25, 0.3) is 5.91 Å². The summed E-state index contributed by atoms with van der Waals surface area (Å²) in [6, 6.07) is 19.0. The van der Waals surface area contributed by atoms with Crippen molar-refractivity contribution in [2.75, 3.05) is 37.9 Å². The van der Waals surface area contributed by atoms with Crippen LogP contribution in [0.3, 0.4) is 0 Å². The van der Waals surface area contributed by atoms with Crippen LogP contribution in [0.25, 0.3) is 0 Å². The first kappa shape index (κ1) is 24.5. The molecule has 0 spiro atoms. The zero-order chi connectivity index (χ0) is 26.1. The van der Waals surface area contributed by atoms with Crippen LogP contribution in [0.1, 0.15) is 18.5 Å². The first-order chi connectivity index (χ1) is 18.0. The maximum absolute atomic E-state index is 13.9. The zero-order valence-corrected chi connectivity index (χ0v) is 21.0. The summed E-state index contributed by atoms with van der Waals surface area (Å²) >= 11 is 0. The van der Waals surface area contributed by atoms with Crippen LogP contribution < -0.4 is 28.9 Å². The lowest BCUT2D eigenvalue weighted by atomic mass is 9.89. The molecule has 192 valence electrons. The molecular formula is C28H28N2O7. The van der Waals surface area contributed by atoms with Crippen molar-refractivity contribution in [2.45, 2.75) is 19.1 Å². The molecule has 5 rings (SSSR count). The maximum Gasteiger partial charge on any atom is 0.266 e. The number of para-hydroxylation sites is 1. The molecule has 0 aromatic heterocycles. The fourth-order valence-electron chi connectivity index (χ4n) is 4.93. The lowest BCUT2D eigenvalue weighted by Crippen LogP contribution is -2.37. The van der Waals surface area contributed by atoms with Crippen molar-refractivity contribution in [3.05, 3.63) is 72.3 Å². The van der Waals surface area contributed by atoms with Crippen LogP contribution in [0.5, 0.6) is 23.0 Å². The fraction of sp³-hybridized carbons (Fsp3) is 0.286. The van der Waals surface area contributed by atoms with E-state index in [2.05, 4.69) is 0 Å². The number of methoxy groups -OCH3 is 3. The SMILES string of the molecule is CCOc1ccc(N2C(=O)[C@H]3[C@@H](c4cc(OC)c(OC)cc4OC)N(c4ccccc4)O[C@H]3C2=O)cc1. The smallest absolute Gasteiger partial charge is 0.266 e. The van der Waals surface area contributed by atoms with E-state index in [0.717, 1.165) is 0 Å². The van der Waals surface area contributed by atoms with E-state index in [9.17, 15) is 9.59 Å². The normalized spacial score (nSPS) is 20.7. The number of hydroxylamine groups is 1. The van der Waals surface area contributed by atoms with Crippen molar-refractivity contribution in [3.63, 3.8) is 0 Å². The lowest BCUT2D eigenvalue weighted by Gasteiger charge is -2.30. The van der Waals surface area contributed by atoms with Gasteiger partial charge in [-0.25, -0.2) is 9.96 Å². The van der Waals surface area contributed by atoms with Crippen LogP contribution in [0.4, 0.5) is 11.4 Å². The molecule has 2 aliphatic rings. The average molecular weight is 505 g/mol. The summed E-state index contributed by atoms with van der Waals surface area (Å²) in [6.07, 6.45) is -1.01. The van der Waals surface area contributed by atoms with Crippen LogP contribution in [0.2, 0.25) is 0 Å². The van der Waals surface area contributed by atoms with Gasteiger partial charge >= 0.3 is 0 Å². The molecule has 0 aliphatic carbocycles. The van der Waals surface area contributed by atoms with Crippen molar-refractivity contribution in [1.29, 1.82) is 0 Å². The number of imide groups is 1. The highest BCUT2D eigenvalue weighted by molar-refractivity contribution is 6.24. The molecule has 3 aromatic carbocycles. The number of rotatable bonds is 8. The predicted molar refractivity (Wildman–Crippen MR) is 136 cm³/mol. The van der Waals surface area contributed by atoms with Crippen molar-refractivity contribution < 1.29 is 33.4 Å². The van der Waals surface area contributed by atoms with Crippen LogP contribution in [0, 0.1) is 5.92 Å². The predicted octanol–water partition coefficient (Wildman–Crippen LogP) is 4.16. The van der Waals surface area contributed by atoms with E-state index in [0.29, 0.717) is 46.5 Å². The van der Waals surface area contributed by atoms with Gasteiger partial charge in [-0.05, 0) is 49.4 Å². The second-order valence-electron chi connectivity index (χ2n) is 8.55. The molecule has 2 saturated heterocycles. The number of hydrogen-bond acceptors (Lipinski definition) is 8. The average Bonchev–Trinajstić information content (AvgIpc) is 3.44. The zero-order valence-electron chi connectivity index (χ0n) is 21.0.